The van der Waals surface area contributed by atoms with E-state index in [0.717, 1.165) is 56.3 Å². The molecule has 0 saturated heterocycles. The zero-order valence-corrected chi connectivity index (χ0v) is 33.0. The standard InChI is InChI=1S/C47H76N2/c1-6-11-14-16-17-18-19-20-21-22-23-24-25-26-27-28-29-33-43-34-31-32-36-45(43)49-47(37-30-15-12-7-2)46(35-13-8-3)48-44-39-41(9-4)38-42(10-5)40-44/h27-28,31-32,34,36,38-40H,6-26,29-30,33,35,37H2,1-5H3. The van der Waals surface area contributed by atoms with Crippen LogP contribution in [0, 0.1) is 0 Å². The summed E-state index contributed by atoms with van der Waals surface area (Å²) in [4.78, 5) is 10.8. The van der Waals surface area contributed by atoms with Crippen molar-refractivity contribution in [2.45, 2.75) is 202 Å². The minimum atomic E-state index is 0.991. The molecule has 2 nitrogen and oxygen atoms in total. The molecule has 0 aromatic heterocycles. The number of unbranched alkanes of at least 4 members (excludes halogenated alkanes) is 17. The lowest BCUT2D eigenvalue weighted by atomic mass is 10.0. The van der Waals surface area contributed by atoms with E-state index in [1.807, 2.05) is 0 Å². The van der Waals surface area contributed by atoms with Gasteiger partial charge in [-0.3, -0.25) is 9.98 Å². The fraction of sp³-hybridized carbons (Fsp3) is 0.660. The summed E-state index contributed by atoms with van der Waals surface area (Å²) < 4.78 is 0. The highest BCUT2D eigenvalue weighted by atomic mass is 14.8. The Morgan fingerprint density at radius 1 is 0.490 bits per heavy atom. The van der Waals surface area contributed by atoms with Crippen molar-refractivity contribution in [1.82, 2.24) is 0 Å². The van der Waals surface area contributed by atoms with Crippen LogP contribution in [0.2, 0.25) is 0 Å². The van der Waals surface area contributed by atoms with Crippen LogP contribution in [0.4, 0.5) is 11.4 Å². The molecule has 274 valence electrons. The molecule has 2 aromatic carbocycles. The molecule has 49 heavy (non-hydrogen) atoms. The monoisotopic (exact) mass is 669 g/mol. The Hall–Kier alpha value is -2.48. The Morgan fingerprint density at radius 3 is 1.57 bits per heavy atom. The first-order chi connectivity index (χ1) is 24.1. The average Bonchev–Trinajstić information content (AvgIpc) is 3.13. The molecule has 0 heterocycles. The van der Waals surface area contributed by atoms with E-state index in [1.54, 1.807) is 0 Å². The number of nitrogens with zero attached hydrogens (tertiary/aromatic N) is 2. The van der Waals surface area contributed by atoms with Gasteiger partial charge in [-0.2, -0.15) is 0 Å². The SMILES string of the molecule is CCCCCCCCCCCCCCCC=CCCc1ccccc1N=C(CCCCCC)C(CCCC)=Nc1cc(CC)cc(CC)c1. The second-order valence-corrected chi connectivity index (χ2v) is 14.4. The summed E-state index contributed by atoms with van der Waals surface area (Å²) in [6.45, 7) is 11.4. The Balaban J connectivity index is 1.97. The number of para-hydroxylation sites is 1. The lowest BCUT2D eigenvalue weighted by Gasteiger charge is -2.14. The molecule has 0 saturated carbocycles. The third kappa shape index (κ3) is 20.1. The van der Waals surface area contributed by atoms with Crippen LogP contribution in [-0.2, 0) is 19.3 Å². The number of aryl methyl sites for hydroxylation is 3. The van der Waals surface area contributed by atoms with Crippen LogP contribution in [0.1, 0.15) is 199 Å². The van der Waals surface area contributed by atoms with Gasteiger partial charge in [0.2, 0.25) is 0 Å². The summed E-state index contributed by atoms with van der Waals surface area (Å²) in [5.41, 5.74) is 8.75. The number of hydrogen-bond donors (Lipinski definition) is 0. The highest BCUT2D eigenvalue weighted by Gasteiger charge is 2.12. The quantitative estimate of drug-likeness (QED) is 0.0450. The molecule has 0 aliphatic carbocycles. The van der Waals surface area contributed by atoms with Gasteiger partial charge in [0.15, 0.2) is 0 Å². The van der Waals surface area contributed by atoms with Gasteiger partial charge in [0.25, 0.3) is 0 Å². The molecule has 0 aliphatic rings. The van der Waals surface area contributed by atoms with Crippen molar-refractivity contribution in [3.63, 3.8) is 0 Å². The van der Waals surface area contributed by atoms with Crippen LogP contribution in [0.3, 0.4) is 0 Å². The second-order valence-electron chi connectivity index (χ2n) is 14.4. The number of benzene rings is 2. The molecule has 0 spiro atoms. The van der Waals surface area contributed by atoms with E-state index in [2.05, 4.69) is 89.2 Å². The van der Waals surface area contributed by atoms with Crippen molar-refractivity contribution < 1.29 is 0 Å². The molecule has 2 aromatic rings. The third-order valence-corrected chi connectivity index (χ3v) is 9.95. The molecular weight excluding hydrogens is 593 g/mol. The van der Waals surface area contributed by atoms with Gasteiger partial charge in [0.05, 0.1) is 22.8 Å². The van der Waals surface area contributed by atoms with Crippen molar-refractivity contribution >= 4 is 22.8 Å². The normalized spacial score (nSPS) is 12.4. The van der Waals surface area contributed by atoms with Gasteiger partial charge in [0, 0.05) is 0 Å². The Kier molecular flexibility index (Phi) is 25.5. The first kappa shape index (κ1) is 42.7. The molecule has 0 bridgehead atoms. The third-order valence-electron chi connectivity index (χ3n) is 9.95. The highest BCUT2D eigenvalue weighted by Crippen LogP contribution is 2.25. The van der Waals surface area contributed by atoms with E-state index < -0.39 is 0 Å². The lowest BCUT2D eigenvalue weighted by Crippen LogP contribution is -2.14. The molecule has 0 atom stereocenters. The van der Waals surface area contributed by atoms with Gasteiger partial charge in [-0.15, -0.1) is 0 Å². The first-order valence-electron chi connectivity index (χ1n) is 21.2. The molecule has 2 rings (SSSR count). The van der Waals surface area contributed by atoms with Crippen LogP contribution in [-0.4, -0.2) is 11.4 Å². The number of hydrogen-bond acceptors (Lipinski definition) is 2. The lowest BCUT2D eigenvalue weighted by molar-refractivity contribution is 0.540. The van der Waals surface area contributed by atoms with Crippen LogP contribution in [0.15, 0.2) is 64.6 Å². The van der Waals surface area contributed by atoms with Crippen molar-refractivity contribution in [2.24, 2.45) is 9.98 Å². The van der Waals surface area contributed by atoms with Gasteiger partial charge >= 0.3 is 0 Å². The number of rotatable bonds is 30. The van der Waals surface area contributed by atoms with Crippen LogP contribution in [0.25, 0.3) is 0 Å². The zero-order chi connectivity index (χ0) is 35.2. The van der Waals surface area contributed by atoms with E-state index in [0.29, 0.717) is 0 Å². The van der Waals surface area contributed by atoms with E-state index >= 15 is 0 Å². The van der Waals surface area contributed by atoms with Crippen LogP contribution in [0.5, 0.6) is 0 Å². The van der Waals surface area contributed by atoms with E-state index in [-0.39, 0.29) is 0 Å². The second kappa shape index (κ2) is 29.3. The van der Waals surface area contributed by atoms with Gasteiger partial charge in [0.1, 0.15) is 0 Å². The molecule has 0 radical (unpaired) electrons. The molecular formula is C47H76N2. The van der Waals surface area contributed by atoms with Crippen molar-refractivity contribution in [2.75, 3.05) is 0 Å². The van der Waals surface area contributed by atoms with Gasteiger partial charge in [-0.1, -0.05) is 174 Å². The smallest absolute Gasteiger partial charge is 0.0665 e. The molecule has 0 unspecified atom stereocenters. The Bertz CT molecular complexity index is 1160. The summed E-state index contributed by atoms with van der Waals surface area (Å²) in [5, 5.41) is 0. The van der Waals surface area contributed by atoms with E-state index in [9.17, 15) is 0 Å². The van der Waals surface area contributed by atoms with Crippen LogP contribution < -0.4 is 0 Å². The molecule has 2 heteroatoms. The number of aliphatic imine (C=N–C) groups is 2. The fourth-order valence-electron chi connectivity index (χ4n) is 6.70. The molecule has 0 fully saturated rings. The summed E-state index contributed by atoms with van der Waals surface area (Å²) in [6.07, 6.45) is 38.0. The molecule has 0 N–H and O–H groups in total. The molecule has 0 aliphatic heterocycles. The zero-order valence-electron chi connectivity index (χ0n) is 33.0. The van der Waals surface area contributed by atoms with E-state index in [4.69, 9.17) is 9.98 Å². The summed E-state index contributed by atoms with van der Waals surface area (Å²) >= 11 is 0. The number of allylic oxidation sites excluding steroid dienone is 2. The minimum Gasteiger partial charge on any atom is -0.252 e. The Labute approximate surface area is 304 Å². The summed E-state index contributed by atoms with van der Waals surface area (Å²) in [7, 11) is 0. The van der Waals surface area contributed by atoms with Gasteiger partial charge < -0.3 is 0 Å². The predicted octanol–water partition coefficient (Wildman–Crippen LogP) is 15.8. The maximum Gasteiger partial charge on any atom is 0.0665 e. The van der Waals surface area contributed by atoms with E-state index in [1.165, 1.54) is 150 Å². The Morgan fingerprint density at radius 2 is 0.980 bits per heavy atom. The maximum atomic E-state index is 5.45. The summed E-state index contributed by atoms with van der Waals surface area (Å²) in [6, 6.07) is 15.8. The van der Waals surface area contributed by atoms with Gasteiger partial charge in [-0.25, -0.2) is 0 Å². The van der Waals surface area contributed by atoms with Gasteiger partial charge in [-0.05, 0) is 99.1 Å². The van der Waals surface area contributed by atoms with Crippen molar-refractivity contribution in [3.8, 4) is 0 Å². The van der Waals surface area contributed by atoms with Crippen LogP contribution >= 0.6 is 0 Å². The fourth-order valence-corrected chi connectivity index (χ4v) is 6.70. The minimum absolute atomic E-state index is 0.991. The maximum absolute atomic E-state index is 5.45. The topological polar surface area (TPSA) is 24.7 Å². The average molecular weight is 669 g/mol. The first-order valence-corrected chi connectivity index (χ1v) is 21.2. The highest BCUT2D eigenvalue weighted by molar-refractivity contribution is 6.43. The van der Waals surface area contributed by atoms with Crippen molar-refractivity contribution in [3.05, 3.63) is 71.3 Å². The predicted molar refractivity (Wildman–Crippen MR) is 222 cm³/mol. The van der Waals surface area contributed by atoms with Crippen molar-refractivity contribution in [1.29, 1.82) is 0 Å². The molecule has 0 amide bonds. The largest absolute Gasteiger partial charge is 0.252 e. The summed E-state index contributed by atoms with van der Waals surface area (Å²) in [5.74, 6) is 0.